The molecule has 4 heteroatoms. The molecule has 0 fully saturated rings. The first-order chi connectivity index (χ1) is 7.37. The van der Waals surface area contributed by atoms with Gasteiger partial charge in [0.1, 0.15) is 0 Å². The van der Waals surface area contributed by atoms with Crippen molar-refractivity contribution in [2.75, 3.05) is 19.7 Å². The zero-order chi connectivity index (χ0) is 12.6. The van der Waals surface area contributed by atoms with Crippen LogP contribution in [0.15, 0.2) is 0 Å². The molecular weight excluding hydrogens is 206 g/mol. The highest BCUT2D eigenvalue weighted by molar-refractivity contribution is 4.75. The number of aliphatic hydroxyl groups excluding tert-OH is 1. The third-order valence-corrected chi connectivity index (χ3v) is 2.30. The van der Waals surface area contributed by atoms with Crippen molar-refractivity contribution >= 4 is 0 Å². The Balaban J connectivity index is 3.57. The van der Waals surface area contributed by atoms with Gasteiger partial charge >= 0.3 is 0 Å². The first kappa shape index (κ1) is 15.8. The molecule has 98 valence electrons. The minimum Gasteiger partial charge on any atom is -0.389 e. The van der Waals surface area contributed by atoms with E-state index in [2.05, 4.69) is 5.32 Å². The van der Waals surface area contributed by atoms with Crippen LogP contribution in [0.3, 0.4) is 0 Å². The fourth-order valence-corrected chi connectivity index (χ4v) is 1.50. The molecule has 0 rings (SSSR count). The van der Waals surface area contributed by atoms with Gasteiger partial charge in [-0.2, -0.15) is 0 Å². The molecule has 0 heterocycles. The fraction of sp³-hybridized carbons (Fsp3) is 1.00. The summed E-state index contributed by atoms with van der Waals surface area (Å²) >= 11 is 0. The summed E-state index contributed by atoms with van der Waals surface area (Å²) in [6.45, 7) is 9.01. The first-order valence-electron chi connectivity index (χ1n) is 6.10. The highest BCUT2D eigenvalue weighted by Gasteiger charge is 2.18. The molecule has 0 spiro atoms. The first-order valence-corrected chi connectivity index (χ1v) is 6.10. The van der Waals surface area contributed by atoms with Crippen LogP contribution < -0.4 is 5.32 Å². The Morgan fingerprint density at radius 3 is 2.50 bits per heavy atom. The minimum atomic E-state index is -0.687. The van der Waals surface area contributed by atoms with Crippen LogP contribution in [0.25, 0.3) is 0 Å². The van der Waals surface area contributed by atoms with Crippen molar-refractivity contribution in [3.8, 4) is 0 Å². The van der Waals surface area contributed by atoms with Crippen LogP contribution >= 0.6 is 0 Å². The minimum absolute atomic E-state index is 0.137. The lowest BCUT2D eigenvalue weighted by atomic mass is 10.0. The number of ether oxygens (including phenoxy) is 1. The highest BCUT2D eigenvalue weighted by Crippen LogP contribution is 2.09. The van der Waals surface area contributed by atoms with Gasteiger partial charge < -0.3 is 20.3 Å². The van der Waals surface area contributed by atoms with Crippen LogP contribution in [0.2, 0.25) is 0 Å². The van der Waals surface area contributed by atoms with Crippen molar-refractivity contribution in [2.45, 2.75) is 58.3 Å². The van der Waals surface area contributed by atoms with E-state index < -0.39 is 11.7 Å². The number of aliphatic hydroxyl groups is 2. The monoisotopic (exact) mass is 233 g/mol. The van der Waals surface area contributed by atoms with Crippen molar-refractivity contribution in [3.63, 3.8) is 0 Å². The van der Waals surface area contributed by atoms with Crippen LogP contribution in [-0.4, -0.2) is 47.7 Å². The zero-order valence-corrected chi connectivity index (χ0v) is 11.0. The molecule has 0 aliphatic rings. The summed E-state index contributed by atoms with van der Waals surface area (Å²) in [5.74, 6) is 0. The normalized spacial score (nSPS) is 17.4. The largest absolute Gasteiger partial charge is 0.389 e. The van der Waals surface area contributed by atoms with Gasteiger partial charge in [-0.3, -0.25) is 0 Å². The van der Waals surface area contributed by atoms with E-state index in [1.807, 2.05) is 20.8 Å². The SMILES string of the molecule is CCCC(C)(O)CNCC(O)COC(C)C. The lowest BCUT2D eigenvalue weighted by molar-refractivity contribution is 0.00124. The molecule has 0 radical (unpaired) electrons. The van der Waals surface area contributed by atoms with Gasteiger partial charge in [0.05, 0.1) is 24.4 Å². The topological polar surface area (TPSA) is 61.7 Å². The van der Waals surface area contributed by atoms with Crippen LogP contribution in [0, 0.1) is 0 Å². The second-order valence-electron chi connectivity index (χ2n) is 4.91. The van der Waals surface area contributed by atoms with E-state index in [0.717, 1.165) is 12.8 Å². The van der Waals surface area contributed by atoms with Crippen LogP contribution in [-0.2, 0) is 4.74 Å². The van der Waals surface area contributed by atoms with Crippen molar-refractivity contribution in [1.82, 2.24) is 5.32 Å². The summed E-state index contributed by atoms with van der Waals surface area (Å²) in [4.78, 5) is 0. The maximum atomic E-state index is 9.87. The Hall–Kier alpha value is -0.160. The van der Waals surface area contributed by atoms with Gasteiger partial charge in [-0.1, -0.05) is 13.3 Å². The molecule has 0 amide bonds. The third-order valence-electron chi connectivity index (χ3n) is 2.30. The molecule has 0 aromatic rings. The Labute approximate surface area is 99.0 Å². The molecule has 0 saturated heterocycles. The summed E-state index contributed by atoms with van der Waals surface area (Å²) < 4.78 is 5.28. The second kappa shape index (κ2) is 8.01. The van der Waals surface area contributed by atoms with Gasteiger partial charge in [0.25, 0.3) is 0 Å². The van der Waals surface area contributed by atoms with Crippen LogP contribution in [0.1, 0.15) is 40.5 Å². The van der Waals surface area contributed by atoms with E-state index in [0.29, 0.717) is 19.7 Å². The molecule has 0 aromatic heterocycles. The lowest BCUT2D eigenvalue weighted by Gasteiger charge is -2.24. The highest BCUT2D eigenvalue weighted by atomic mass is 16.5. The van der Waals surface area contributed by atoms with Gasteiger partial charge in [0.15, 0.2) is 0 Å². The average molecular weight is 233 g/mol. The predicted molar refractivity (Wildman–Crippen MR) is 65.5 cm³/mol. The molecule has 0 aliphatic carbocycles. The summed E-state index contributed by atoms with van der Waals surface area (Å²) in [5.41, 5.74) is -0.687. The molecule has 0 bridgehead atoms. The summed E-state index contributed by atoms with van der Waals surface area (Å²) in [6, 6.07) is 0. The lowest BCUT2D eigenvalue weighted by Crippen LogP contribution is -2.41. The van der Waals surface area contributed by atoms with Crippen molar-refractivity contribution < 1.29 is 14.9 Å². The van der Waals surface area contributed by atoms with E-state index in [1.165, 1.54) is 0 Å². The molecule has 4 nitrogen and oxygen atoms in total. The average Bonchev–Trinajstić information content (AvgIpc) is 2.14. The maximum Gasteiger partial charge on any atom is 0.0897 e. The van der Waals surface area contributed by atoms with Gasteiger partial charge in [0, 0.05) is 13.1 Å². The van der Waals surface area contributed by atoms with E-state index in [1.54, 1.807) is 6.92 Å². The molecular formula is C12H27NO3. The number of hydrogen-bond acceptors (Lipinski definition) is 4. The van der Waals surface area contributed by atoms with E-state index in [9.17, 15) is 10.2 Å². The maximum absolute atomic E-state index is 9.87. The number of rotatable bonds is 9. The Morgan fingerprint density at radius 1 is 1.38 bits per heavy atom. The van der Waals surface area contributed by atoms with E-state index in [-0.39, 0.29) is 6.10 Å². The number of hydrogen-bond donors (Lipinski definition) is 3. The summed E-state index contributed by atoms with van der Waals surface area (Å²) in [7, 11) is 0. The van der Waals surface area contributed by atoms with Crippen LogP contribution in [0.5, 0.6) is 0 Å². The second-order valence-corrected chi connectivity index (χ2v) is 4.91. The van der Waals surface area contributed by atoms with Gasteiger partial charge in [0.2, 0.25) is 0 Å². The van der Waals surface area contributed by atoms with Gasteiger partial charge in [-0.05, 0) is 27.2 Å². The Bertz CT molecular complexity index is 172. The summed E-state index contributed by atoms with van der Waals surface area (Å²) in [6.07, 6.45) is 1.34. The molecule has 0 aromatic carbocycles. The van der Waals surface area contributed by atoms with E-state index >= 15 is 0 Å². The predicted octanol–water partition coefficient (Wildman–Crippen LogP) is 0.913. The van der Waals surface area contributed by atoms with Crippen molar-refractivity contribution in [1.29, 1.82) is 0 Å². The fourth-order valence-electron chi connectivity index (χ4n) is 1.50. The Morgan fingerprint density at radius 2 is 2.00 bits per heavy atom. The number of nitrogens with one attached hydrogen (secondary N) is 1. The standard InChI is InChI=1S/C12H27NO3/c1-5-6-12(4,15)9-13-7-11(14)8-16-10(2)3/h10-11,13-15H,5-9H2,1-4H3. The summed E-state index contributed by atoms with van der Waals surface area (Å²) in [5, 5.41) is 22.5. The van der Waals surface area contributed by atoms with Gasteiger partial charge in [-0.15, -0.1) is 0 Å². The third kappa shape index (κ3) is 9.09. The smallest absolute Gasteiger partial charge is 0.0897 e. The molecule has 2 unspecified atom stereocenters. The van der Waals surface area contributed by atoms with E-state index in [4.69, 9.17) is 4.74 Å². The quantitative estimate of drug-likeness (QED) is 0.554. The van der Waals surface area contributed by atoms with Crippen molar-refractivity contribution in [3.05, 3.63) is 0 Å². The molecule has 2 atom stereocenters. The Kier molecular flexibility index (Phi) is 7.93. The molecule has 16 heavy (non-hydrogen) atoms. The molecule has 0 aliphatic heterocycles. The zero-order valence-electron chi connectivity index (χ0n) is 11.0. The van der Waals surface area contributed by atoms with Gasteiger partial charge in [-0.25, -0.2) is 0 Å². The van der Waals surface area contributed by atoms with Crippen LogP contribution in [0.4, 0.5) is 0 Å². The molecule has 0 saturated carbocycles. The van der Waals surface area contributed by atoms with Crippen molar-refractivity contribution in [2.24, 2.45) is 0 Å². The molecule has 3 N–H and O–H groups in total.